The van der Waals surface area contributed by atoms with Gasteiger partial charge in [0.25, 0.3) is 5.91 Å². The van der Waals surface area contributed by atoms with Crippen LogP contribution in [-0.2, 0) is 14.3 Å². The molecule has 1 N–H and O–H groups in total. The number of carbonyl (C=O) groups excluding carboxylic acids is 2. The van der Waals surface area contributed by atoms with Crippen molar-refractivity contribution in [2.45, 2.75) is 0 Å². The summed E-state index contributed by atoms with van der Waals surface area (Å²) in [5, 5.41) is 3.67. The second kappa shape index (κ2) is 8.43. The lowest BCUT2D eigenvalue weighted by Crippen LogP contribution is -2.20. The van der Waals surface area contributed by atoms with Crippen LogP contribution >= 0.6 is 0 Å². The summed E-state index contributed by atoms with van der Waals surface area (Å²) in [5.74, 6) is 0.120. The Morgan fingerprint density at radius 3 is 2.76 bits per heavy atom. The van der Waals surface area contributed by atoms with Gasteiger partial charge in [0.15, 0.2) is 18.1 Å². The van der Waals surface area contributed by atoms with E-state index in [-0.39, 0.29) is 0 Å². The molecule has 3 aromatic rings. The zero-order valence-corrected chi connectivity index (χ0v) is 15.5. The Morgan fingerprint density at radius 1 is 1.03 bits per heavy atom. The van der Waals surface area contributed by atoms with Crippen molar-refractivity contribution < 1.29 is 23.8 Å². The normalized spacial score (nSPS) is 12.7. The molecule has 1 aromatic heterocycles. The van der Waals surface area contributed by atoms with Gasteiger partial charge in [-0.15, -0.1) is 0 Å². The van der Waals surface area contributed by atoms with Crippen LogP contribution in [0.4, 0.5) is 5.69 Å². The fourth-order valence-electron chi connectivity index (χ4n) is 2.83. The predicted octanol–water partition coefficient (Wildman–Crippen LogP) is 3.20. The molecule has 0 aliphatic carbocycles. The minimum absolute atomic E-state index is 0.400. The summed E-state index contributed by atoms with van der Waals surface area (Å²) in [6.45, 7) is 0.556. The smallest absolute Gasteiger partial charge is 0.331 e. The van der Waals surface area contributed by atoms with Gasteiger partial charge in [-0.05, 0) is 30.3 Å². The predicted molar refractivity (Wildman–Crippen MR) is 108 cm³/mol. The Bertz CT molecular complexity index is 1090. The van der Waals surface area contributed by atoms with E-state index in [4.69, 9.17) is 14.2 Å². The fourth-order valence-corrected chi connectivity index (χ4v) is 2.83. The van der Waals surface area contributed by atoms with E-state index in [9.17, 15) is 9.59 Å². The maximum atomic E-state index is 12.0. The van der Waals surface area contributed by atoms with Crippen molar-refractivity contribution >= 4 is 34.5 Å². The van der Waals surface area contributed by atoms with E-state index in [0.717, 1.165) is 10.9 Å². The number of amides is 1. The maximum absolute atomic E-state index is 12.0. The quantitative estimate of drug-likeness (QED) is 0.532. The molecule has 0 saturated heterocycles. The molecule has 4 rings (SSSR count). The number of rotatable bonds is 5. The summed E-state index contributed by atoms with van der Waals surface area (Å²) in [5.41, 5.74) is 1.99. The number of benzene rings is 2. The van der Waals surface area contributed by atoms with Crippen LogP contribution in [0.1, 0.15) is 5.69 Å². The van der Waals surface area contributed by atoms with Crippen LogP contribution in [0.3, 0.4) is 0 Å². The van der Waals surface area contributed by atoms with Crippen LogP contribution in [0.2, 0.25) is 0 Å². The van der Waals surface area contributed by atoms with Crippen molar-refractivity contribution in [2.75, 3.05) is 25.1 Å². The topological polar surface area (TPSA) is 86.8 Å². The van der Waals surface area contributed by atoms with Gasteiger partial charge < -0.3 is 19.5 Å². The highest BCUT2D eigenvalue weighted by Crippen LogP contribution is 2.32. The molecule has 2 aromatic carbocycles. The maximum Gasteiger partial charge on any atom is 0.331 e. The van der Waals surface area contributed by atoms with Gasteiger partial charge in [0, 0.05) is 23.2 Å². The summed E-state index contributed by atoms with van der Waals surface area (Å²) >= 11 is 0. The average molecular weight is 390 g/mol. The lowest BCUT2D eigenvalue weighted by atomic mass is 10.2. The molecule has 1 aliphatic heterocycles. The van der Waals surface area contributed by atoms with E-state index in [1.807, 2.05) is 30.3 Å². The van der Waals surface area contributed by atoms with E-state index < -0.39 is 18.5 Å². The molecule has 0 spiro atoms. The molecule has 146 valence electrons. The van der Waals surface area contributed by atoms with Crippen LogP contribution in [0.5, 0.6) is 11.5 Å². The molecule has 7 heteroatoms. The molecule has 2 heterocycles. The summed E-state index contributed by atoms with van der Waals surface area (Å²) < 4.78 is 15.9. The van der Waals surface area contributed by atoms with Gasteiger partial charge in [-0.2, -0.15) is 0 Å². The number of hydrogen-bond donors (Lipinski definition) is 1. The van der Waals surface area contributed by atoms with Crippen molar-refractivity contribution in [3.63, 3.8) is 0 Å². The number of esters is 1. The molecule has 0 radical (unpaired) electrons. The number of aromatic nitrogens is 1. The first-order valence-corrected chi connectivity index (χ1v) is 9.07. The SMILES string of the molecule is O=C(COC(=O)/C=C/c1ccc2ccccc2n1)Nc1ccc2c(c1)OCCO2. The van der Waals surface area contributed by atoms with Crippen LogP contribution in [0.15, 0.2) is 60.7 Å². The van der Waals surface area contributed by atoms with Crippen molar-refractivity contribution in [1.82, 2.24) is 4.98 Å². The highest BCUT2D eigenvalue weighted by atomic mass is 16.6. The van der Waals surface area contributed by atoms with Crippen molar-refractivity contribution in [1.29, 1.82) is 0 Å². The monoisotopic (exact) mass is 390 g/mol. The molecule has 1 aliphatic rings. The number of carbonyl (C=O) groups is 2. The molecular formula is C22H18N2O5. The number of anilines is 1. The van der Waals surface area contributed by atoms with E-state index in [0.29, 0.717) is 36.1 Å². The first kappa shape index (κ1) is 18.5. The fraction of sp³-hybridized carbons (Fsp3) is 0.136. The molecule has 0 fully saturated rings. The molecule has 0 unspecified atom stereocenters. The third-order valence-corrected chi connectivity index (χ3v) is 4.18. The Kier molecular flexibility index (Phi) is 5.38. The Labute approximate surface area is 166 Å². The second-order valence-corrected chi connectivity index (χ2v) is 6.28. The molecular weight excluding hydrogens is 372 g/mol. The van der Waals surface area contributed by atoms with Gasteiger partial charge in [0.05, 0.1) is 11.2 Å². The largest absolute Gasteiger partial charge is 0.486 e. The standard InChI is InChI=1S/C22H18N2O5/c25-21(24-17-7-9-19-20(13-17)28-12-11-27-19)14-29-22(26)10-8-16-6-5-15-3-1-2-4-18(15)23-16/h1-10,13H,11-12,14H2,(H,24,25)/b10-8+. The molecule has 7 nitrogen and oxygen atoms in total. The molecule has 0 atom stereocenters. The number of pyridine rings is 1. The first-order chi connectivity index (χ1) is 14.2. The van der Waals surface area contributed by atoms with Gasteiger partial charge in [-0.25, -0.2) is 9.78 Å². The van der Waals surface area contributed by atoms with Gasteiger partial charge in [-0.1, -0.05) is 24.3 Å². The second-order valence-electron chi connectivity index (χ2n) is 6.28. The number of nitrogens with zero attached hydrogens (tertiary/aromatic N) is 1. The lowest BCUT2D eigenvalue weighted by molar-refractivity contribution is -0.142. The van der Waals surface area contributed by atoms with Crippen LogP contribution in [0, 0.1) is 0 Å². The third kappa shape index (κ3) is 4.70. The van der Waals surface area contributed by atoms with E-state index >= 15 is 0 Å². The first-order valence-electron chi connectivity index (χ1n) is 9.07. The van der Waals surface area contributed by atoms with Gasteiger partial charge in [0.2, 0.25) is 0 Å². The van der Waals surface area contributed by atoms with E-state index in [1.165, 1.54) is 6.08 Å². The van der Waals surface area contributed by atoms with Crippen molar-refractivity contribution in [3.05, 3.63) is 66.4 Å². The van der Waals surface area contributed by atoms with Crippen molar-refractivity contribution in [2.24, 2.45) is 0 Å². The molecule has 0 bridgehead atoms. The van der Waals surface area contributed by atoms with E-state index in [2.05, 4.69) is 10.3 Å². The Balaban J connectivity index is 1.29. The number of nitrogens with one attached hydrogen (secondary N) is 1. The Morgan fingerprint density at radius 2 is 1.86 bits per heavy atom. The Hall–Kier alpha value is -3.87. The molecule has 1 amide bonds. The number of fused-ring (bicyclic) bond motifs is 2. The molecule has 29 heavy (non-hydrogen) atoms. The number of para-hydroxylation sites is 1. The van der Waals surface area contributed by atoms with Crippen LogP contribution in [0.25, 0.3) is 17.0 Å². The van der Waals surface area contributed by atoms with Crippen LogP contribution < -0.4 is 14.8 Å². The zero-order chi connectivity index (χ0) is 20.1. The average Bonchev–Trinajstić information content (AvgIpc) is 2.76. The van der Waals surface area contributed by atoms with Gasteiger partial charge in [0.1, 0.15) is 13.2 Å². The van der Waals surface area contributed by atoms with Crippen molar-refractivity contribution in [3.8, 4) is 11.5 Å². The number of hydrogen-bond acceptors (Lipinski definition) is 6. The summed E-state index contributed by atoms with van der Waals surface area (Å²) in [4.78, 5) is 28.3. The molecule has 0 saturated carbocycles. The highest BCUT2D eigenvalue weighted by Gasteiger charge is 2.13. The summed E-state index contributed by atoms with van der Waals surface area (Å²) in [6.07, 6.45) is 2.79. The van der Waals surface area contributed by atoms with E-state index in [1.54, 1.807) is 30.3 Å². The highest BCUT2D eigenvalue weighted by molar-refractivity contribution is 5.95. The minimum atomic E-state index is -0.628. The third-order valence-electron chi connectivity index (χ3n) is 4.18. The van der Waals surface area contributed by atoms with Crippen LogP contribution in [-0.4, -0.2) is 36.7 Å². The summed E-state index contributed by atoms with van der Waals surface area (Å²) in [6, 6.07) is 16.5. The van der Waals surface area contributed by atoms with Gasteiger partial charge in [-0.3, -0.25) is 4.79 Å². The van der Waals surface area contributed by atoms with Gasteiger partial charge >= 0.3 is 5.97 Å². The number of ether oxygens (including phenoxy) is 3. The lowest BCUT2D eigenvalue weighted by Gasteiger charge is -2.18. The zero-order valence-electron chi connectivity index (χ0n) is 15.5. The summed E-state index contributed by atoms with van der Waals surface area (Å²) in [7, 11) is 0. The minimum Gasteiger partial charge on any atom is -0.486 e.